The van der Waals surface area contributed by atoms with E-state index in [2.05, 4.69) is 20.5 Å². The molecule has 0 aliphatic heterocycles. The fraction of sp³-hybridized carbons (Fsp3) is 0.0667. The number of nitrogen functional groups attached to an aromatic ring is 1. The molecule has 26 heavy (non-hydrogen) atoms. The first-order valence-electron chi connectivity index (χ1n) is 7.01. The van der Waals surface area contributed by atoms with E-state index in [9.17, 15) is 13.2 Å². The van der Waals surface area contributed by atoms with Crippen molar-refractivity contribution in [3.8, 4) is 0 Å². The fourth-order valence-electron chi connectivity index (χ4n) is 2.02. The lowest BCUT2D eigenvalue weighted by atomic mass is 10.2. The lowest BCUT2D eigenvalue weighted by Gasteiger charge is -2.11. The quantitative estimate of drug-likeness (QED) is 0.512. The van der Waals surface area contributed by atoms with Crippen molar-refractivity contribution in [2.45, 2.75) is 16.0 Å². The van der Waals surface area contributed by atoms with Crippen LogP contribution in [-0.2, 0) is 6.18 Å². The van der Waals surface area contributed by atoms with Gasteiger partial charge in [0, 0.05) is 15.5 Å². The summed E-state index contributed by atoms with van der Waals surface area (Å²) < 4.78 is 37.9. The number of alkyl halides is 3. The van der Waals surface area contributed by atoms with Crippen molar-refractivity contribution in [3.63, 3.8) is 0 Å². The van der Waals surface area contributed by atoms with Gasteiger partial charge in [-0.15, -0.1) is 5.10 Å². The molecule has 4 N–H and O–H groups in total. The Labute approximate surface area is 160 Å². The summed E-state index contributed by atoms with van der Waals surface area (Å²) in [7, 11) is 0. The van der Waals surface area contributed by atoms with E-state index in [0.29, 0.717) is 25.5 Å². The summed E-state index contributed by atoms with van der Waals surface area (Å²) in [6, 6.07) is 7.95. The van der Waals surface area contributed by atoms with Crippen LogP contribution in [0.4, 0.5) is 30.8 Å². The van der Waals surface area contributed by atoms with Gasteiger partial charge in [0.2, 0.25) is 11.9 Å². The molecule has 136 valence electrons. The number of anilines is 3. The van der Waals surface area contributed by atoms with Crippen molar-refractivity contribution in [2.75, 3.05) is 11.1 Å². The number of nitrogens with two attached hydrogens (primary N) is 1. The van der Waals surface area contributed by atoms with E-state index in [0.717, 1.165) is 23.9 Å². The third-order valence-corrected chi connectivity index (χ3v) is 5.13. The highest BCUT2D eigenvalue weighted by Gasteiger charge is 2.30. The van der Waals surface area contributed by atoms with Crippen LogP contribution in [0.15, 0.2) is 46.2 Å². The molecule has 0 radical (unpaired) electrons. The SMILES string of the molecule is Nc1nc(Nc2cc(Cl)c(Sc3ccc(C(F)(F)F)cc3)c(Cl)c2)n[nH]1. The van der Waals surface area contributed by atoms with Crippen molar-refractivity contribution in [2.24, 2.45) is 0 Å². The number of H-pyrrole nitrogens is 1. The lowest BCUT2D eigenvalue weighted by molar-refractivity contribution is -0.137. The van der Waals surface area contributed by atoms with Gasteiger partial charge in [-0.25, -0.2) is 5.10 Å². The number of aromatic amines is 1. The molecule has 0 fully saturated rings. The van der Waals surface area contributed by atoms with Crippen LogP contribution in [0.2, 0.25) is 10.0 Å². The first-order valence-corrected chi connectivity index (χ1v) is 8.58. The van der Waals surface area contributed by atoms with E-state index in [-0.39, 0.29) is 11.9 Å². The summed E-state index contributed by atoms with van der Waals surface area (Å²) in [5, 5.41) is 9.85. The van der Waals surface area contributed by atoms with Crippen LogP contribution in [0.5, 0.6) is 0 Å². The van der Waals surface area contributed by atoms with Crippen LogP contribution in [0.3, 0.4) is 0 Å². The fourth-order valence-corrected chi connectivity index (χ4v) is 3.56. The Kier molecular flexibility index (Phi) is 5.22. The highest BCUT2D eigenvalue weighted by atomic mass is 35.5. The van der Waals surface area contributed by atoms with E-state index in [4.69, 9.17) is 28.9 Å². The molecule has 1 heterocycles. The van der Waals surface area contributed by atoms with Gasteiger partial charge >= 0.3 is 6.18 Å². The Bertz CT molecular complexity index is 905. The zero-order valence-electron chi connectivity index (χ0n) is 12.7. The van der Waals surface area contributed by atoms with Gasteiger partial charge in [-0.3, -0.25) is 0 Å². The second-order valence-corrected chi connectivity index (χ2v) is 6.96. The maximum absolute atomic E-state index is 12.6. The number of hydrogen-bond acceptors (Lipinski definition) is 5. The molecular weight excluding hydrogens is 410 g/mol. The number of hydrogen-bond donors (Lipinski definition) is 3. The number of halogens is 5. The van der Waals surface area contributed by atoms with Crippen LogP contribution in [-0.4, -0.2) is 15.2 Å². The molecule has 0 saturated heterocycles. The molecule has 11 heteroatoms. The standard InChI is InChI=1S/C15H10Cl2F3N5S/c16-10-5-8(22-14-23-13(21)24-25-14)6-11(17)12(10)26-9-3-1-7(2-4-9)15(18,19)20/h1-6H,(H4,21,22,23,24,25). The summed E-state index contributed by atoms with van der Waals surface area (Å²) in [4.78, 5) is 5.00. The minimum absolute atomic E-state index is 0.152. The topological polar surface area (TPSA) is 79.6 Å². The first kappa shape index (κ1) is 18.7. The van der Waals surface area contributed by atoms with Gasteiger partial charge in [0.1, 0.15) is 0 Å². The Morgan fingerprint density at radius 1 is 1.08 bits per heavy atom. The molecule has 0 bridgehead atoms. The van der Waals surface area contributed by atoms with Crippen LogP contribution in [0.1, 0.15) is 5.56 Å². The summed E-state index contributed by atoms with van der Waals surface area (Å²) in [6.45, 7) is 0. The summed E-state index contributed by atoms with van der Waals surface area (Å²) >= 11 is 13.7. The van der Waals surface area contributed by atoms with Crippen molar-refractivity contribution in [1.29, 1.82) is 0 Å². The number of benzene rings is 2. The van der Waals surface area contributed by atoms with Gasteiger partial charge in [-0.2, -0.15) is 18.2 Å². The van der Waals surface area contributed by atoms with E-state index >= 15 is 0 Å². The van der Waals surface area contributed by atoms with Gasteiger partial charge in [-0.05, 0) is 36.4 Å². The zero-order valence-corrected chi connectivity index (χ0v) is 15.1. The van der Waals surface area contributed by atoms with Crippen LogP contribution in [0, 0.1) is 0 Å². The number of aromatic nitrogens is 3. The largest absolute Gasteiger partial charge is 0.416 e. The molecule has 5 nitrogen and oxygen atoms in total. The van der Waals surface area contributed by atoms with Gasteiger partial charge < -0.3 is 11.1 Å². The third-order valence-electron chi connectivity index (χ3n) is 3.16. The van der Waals surface area contributed by atoms with Crippen molar-refractivity contribution < 1.29 is 13.2 Å². The average Bonchev–Trinajstić information content (AvgIpc) is 2.95. The monoisotopic (exact) mass is 419 g/mol. The second kappa shape index (κ2) is 7.26. The molecule has 3 aromatic rings. The zero-order chi connectivity index (χ0) is 18.9. The minimum atomic E-state index is -4.38. The maximum atomic E-state index is 12.6. The Hall–Kier alpha value is -2.10. The molecule has 3 rings (SSSR count). The molecule has 0 amide bonds. The summed E-state index contributed by atoms with van der Waals surface area (Å²) in [5.41, 5.74) is 5.26. The third kappa shape index (κ3) is 4.35. The highest BCUT2D eigenvalue weighted by molar-refractivity contribution is 7.99. The minimum Gasteiger partial charge on any atom is -0.368 e. The van der Waals surface area contributed by atoms with Crippen LogP contribution in [0.25, 0.3) is 0 Å². The first-order chi connectivity index (χ1) is 12.2. The Balaban J connectivity index is 1.80. The predicted octanol–water partition coefficient (Wildman–Crippen LogP) is 5.61. The molecule has 2 aromatic carbocycles. The predicted molar refractivity (Wildman–Crippen MR) is 96.1 cm³/mol. The van der Waals surface area contributed by atoms with Gasteiger partial charge in [0.15, 0.2) is 0 Å². The lowest BCUT2D eigenvalue weighted by Crippen LogP contribution is -2.03. The molecule has 0 saturated carbocycles. The van der Waals surface area contributed by atoms with E-state index in [1.165, 1.54) is 12.1 Å². The summed E-state index contributed by atoms with van der Waals surface area (Å²) in [6.07, 6.45) is -4.38. The maximum Gasteiger partial charge on any atom is 0.416 e. The molecule has 0 aliphatic rings. The van der Waals surface area contributed by atoms with Crippen molar-refractivity contribution in [1.82, 2.24) is 15.2 Å². The van der Waals surface area contributed by atoms with Gasteiger partial charge in [-0.1, -0.05) is 35.0 Å². The molecule has 0 atom stereocenters. The van der Waals surface area contributed by atoms with E-state index in [1.54, 1.807) is 12.1 Å². The van der Waals surface area contributed by atoms with Crippen molar-refractivity contribution >= 4 is 52.5 Å². The summed E-state index contributed by atoms with van der Waals surface area (Å²) in [5.74, 6) is 0.400. The molecule has 0 unspecified atom stereocenters. The van der Waals surface area contributed by atoms with Gasteiger partial charge in [0.25, 0.3) is 0 Å². The molecule has 0 spiro atoms. The number of nitrogens with one attached hydrogen (secondary N) is 2. The van der Waals surface area contributed by atoms with Crippen LogP contribution < -0.4 is 11.1 Å². The molecular formula is C15H10Cl2F3N5S. The van der Waals surface area contributed by atoms with Crippen LogP contribution >= 0.6 is 35.0 Å². The Morgan fingerprint density at radius 3 is 2.19 bits per heavy atom. The number of rotatable bonds is 4. The number of nitrogens with zero attached hydrogens (tertiary/aromatic N) is 2. The molecule has 1 aromatic heterocycles. The highest BCUT2D eigenvalue weighted by Crippen LogP contribution is 2.41. The van der Waals surface area contributed by atoms with Crippen molar-refractivity contribution in [3.05, 3.63) is 52.0 Å². The molecule has 0 aliphatic carbocycles. The smallest absolute Gasteiger partial charge is 0.368 e. The average molecular weight is 420 g/mol. The Morgan fingerprint density at radius 2 is 1.69 bits per heavy atom. The van der Waals surface area contributed by atoms with Gasteiger partial charge in [0.05, 0.1) is 15.6 Å². The van der Waals surface area contributed by atoms with E-state index in [1.807, 2.05) is 0 Å². The second-order valence-electron chi connectivity index (χ2n) is 5.06. The van der Waals surface area contributed by atoms with E-state index < -0.39 is 11.7 Å². The normalized spacial score (nSPS) is 11.6.